The van der Waals surface area contributed by atoms with Crippen molar-refractivity contribution in [3.8, 4) is 0 Å². The molecule has 0 spiro atoms. The topological polar surface area (TPSA) is 56.0 Å². The van der Waals surface area contributed by atoms with Crippen molar-refractivity contribution in [2.45, 2.75) is 6.92 Å². The highest BCUT2D eigenvalue weighted by Gasteiger charge is 2.25. The molecule has 1 aliphatic rings. The Morgan fingerprint density at radius 1 is 1.21 bits per heavy atom. The van der Waals surface area contributed by atoms with Crippen molar-refractivity contribution in [2.75, 3.05) is 0 Å². The summed E-state index contributed by atoms with van der Waals surface area (Å²) in [5, 5.41) is 0. The van der Waals surface area contributed by atoms with E-state index in [2.05, 4.69) is 25.9 Å². The minimum atomic E-state index is -0.463. The number of hydrogen-bond acceptors (Lipinski definition) is 4. The Kier molecular flexibility index (Phi) is 3.54. The Bertz CT molecular complexity index is 1030. The number of imidazole rings is 1. The standard InChI is InChI=1S/C18H12BrN3O2/c1-11-15(22-8-3-2-7-16(22)20-11)10-14-18(23)24-17(21-14)12-5-4-6-13(19)9-12/h2-10H,1H3/b14-10-. The van der Waals surface area contributed by atoms with Gasteiger partial charge in [0, 0.05) is 16.2 Å². The van der Waals surface area contributed by atoms with E-state index in [1.54, 1.807) is 6.08 Å². The van der Waals surface area contributed by atoms with Gasteiger partial charge in [-0.2, -0.15) is 0 Å². The highest BCUT2D eigenvalue weighted by Crippen LogP contribution is 2.22. The number of rotatable bonds is 2. The summed E-state index contributed by atoms with van der Waals surface area (Å²) in [4.78, 5) is 21.0. The molecule has 1 aliphatic heterocycles. The van der Waals surface area contributed by atoms with Crippen LogP contribution in [0.3, 0.4) is 0 Å². The van der Waals surface area contributed by atoms with Gasteiger partial charge in [0.15, 0.2) is 5.70 Å². The second kappa shape index (κ2) is 5.72. The van der Waals surface area contributed by atoms with Gasteiger partial charge in [-0.1, -0.05) is 28.1 Å². The first-order valence-electron chi connectivity index (χ1n) is 7.34. The minimum Gasteiger partial charge on any atom is -0.402 e. The molecule has 0 radical (unpaired) electrons. The van der Waals surface area contributed by atoms with Gasteiger partial charge in [0.2, 0.25) is 5.90 Å². The second-order valence-electron chi connectivity index (χ2n) is 5.36. The van der Waals surface area contributed by atoms with Gasteiger partial charge in [-0.15, -0.1) is 0 Å². The number of carbonyl (C=O) groups is 1. The number of pyridine rings is 1. The zero-order valence-electron chi connectivity index (χ0n) is 12.7. The van der Waals surface area contributed by atoms with Crippen molar-refractivity contribution in [1.29, 1.82) is 0 Å². The van der Waals surface area contributed by atoms with E-state index in [9.17, 15) is 4.79 Å². The summed E-state index contributed by atoms with van der Waals surface area (Å²) in [5.74, 6) is -0.158. The van der Waals surface area contributed by atoms with Crippen molar-refractivity contribution in [3.05, 3.63) is 75.8 Å². The fourth-order valence-corrected chi connectivity index (χ4v) is 2.99. The van der Waals surface area contributed by atoms with E-state index in [1.165, 1.54) is 0 Å². The Labute approximate surface area is 146 Å². The first-order valence-corrected chi connectivity index (χ1v) is 8.13. The summed E-state index contributed by atoms with van der Waals surface area (Å²) in [6.45, 7) is 1.90. The number of halogens is 1. The number of hydrogen-bond donors (Lipinski definition) is 0. The third kappa shape index (κ3) is 2.55. The van der Waals surface area contributed by atoms with Crippen molar-refractivity contribution in [3.63, 3.8) is 0 Å². The number of nitrogens with zero attached hydrogens (tertiary/aromatic N) is 3. The minimum absolute atomic E-state index is 0.263. The fraction of sp³-hybridized carbons (Fsp3) is 0.0556. The van der Waals surface area contributed by atoms with Gasteiger partial charge in [0.1, 0.15) is 5.65 Å². The molecule has 1 aromatic carbocycles. The van der Waals surface area contributed by atoms with E-state index in [4.69, 9.17) is 4.74 Å². The lowest BCUT2D eigenvalue weighted by Gasteiger charge is -1.99. The van der Waals surface area contributed by atoms with Crippen LogP contribution in [0.5, 0.6) is 0 Å². The lowest BCUT2D eigenvalue weighted by Crippen LogP contribution is -2.05. The monoisotopic (exact) mass is 381 g/mol. The average molecular weight is 382 g/mol. The fourth-order valence-electron chi connectivity index (χ4n) is 2.59. The molecule has 2 aromatic heterocycles. The SMILES string of the molecule is Cc1nc2ccccn2c1/C=C1\N=C(c2cccc(Br)c2)OC1=O. The largest absolute Gasteiger partial charge is 0.402 e. The number of ether oxygens (including phenoxy) is 1. The molecule has 0 bridgehead atoms. The van der Waals surface area contributed by atoms with Crippen LogP contribution in [0.2, 0.25) is 0 Å². The first-order chi connectivity index (χ1) is 11.6. The highest BCUT2D eigenvalue weighted by atomic mass is 79.9. The lowest BCUT2D eigenvalue weighted by molar-refractivity contribution is -0.129. The summed E-state index contributed by atoms with van der Waals surface area (Å²) in [6, 6.07) is 13.2. The van der Waals surface area contributed by atoms with Crippen LogP contribution < -0.4 is 0 Å². The molecule has 0 amide bonds. The molecule has 118 valence electrons. The predicted molar refractivity (Wildman–Crippen MR) is 94.7 cm³/mol. The van der Waals surface area contributed by atoms with E-state index in [1.807, 2.05) is 60.0 Å². The van der Waals surface area contributed by atoms with Crippen molar-refractivity contribution in [1.82, 2.24) is 9.38 Å². The maximum absolute atomic E-state index is 12.2. The van der Waals surface area contributed by atoms with Gasteiger partial charge >= 0.3 is 5.97 Å². The summed E-state index contributed by atoms with van der Waals surface area (Å²) < 4.78 is 8.12. The molecule has 0 aliphatic carbocycles. The summed E-state index contributed by atoms with van der Waals surface area (Å²) in [6.07, 6.45) is 3.61. The van der Waals surface area contributed by atoms with E-state index in [0.29, 0.717) is 5.90 Å². The zero-order chi connectivity index (χ0) is 16.7. The number of cyclic esters (lactones) is 1. The van der Waals surface area contributed by atoms with Gasteiger partial charge in [-0.25, -0.2) is 14.8 Å². The van der Waals surface area contributed by atoms with Gasteiger partial charge in [0.25, 0.3) is 0 Å². The number of aliphatic imine (C=N–C) groups is 1. The van der Waals surface area contributed by atoms with Crippen LogP contribution in [0.25, 0.3) is 11.7 Å². The Morgan fingerprint density at radius 2 is 2.08 bits per heavy atom. The van der Waals surface area contributed by atoms with E-state index in [-0.39, 0.29) is 5.70 Å². The van der Waals surface area contributed by atoms with E-state index in [0.717, 1.165) is 27.1 Å². The van der Waals surface area contributed by atoms with Crippen molar-refractivity contribution < 1.29 is 9.53 Å². The highest BCUT2D eigenvalue weighted by molar-refractivity contribution is 9.10. The Morgan fingerprint density at radius 3 is 2.92 bits per heavy atom. The van der Waals surface area contributed by atoms with Gasteiger partial charge in [0.05, 0.1) is 11.4 Å². The number of esters is 1. The predicted octanol–water partition coefficient (Wildman–Crippen LogP) is 3.75. The van der Waals surface area contributed by atoms with E-state index >= 15 is 0 Å². The molecule has 6 heteroatoms. The van der Waals surface area contributed by atoms with Crippen LogP contribution in [0, 0.1) is 6.92 Å². The number of benzene rings is 1. The third-order valence-corrected chi connectivity index (χ3v) is 4.21. The van der Waals surface area contributed by atoms with Crippen LogP contribution in [0.4, 0.5) is 0 Å². The Balaban J connectivity index is 1.79. The van der Waals surface area contributed by atoms with Gasteiger partial charge in [-0.3, -0.25) is 4.40 Å². The summed E-state index contributed by atoms with van der Waals surface area (Å²) in [7, 11) is 0. The molecular formula is C18H12BrN3O2. The summed E-state index contributed by atoms with van der Waals surface area (Å²) in [5.41, 5.74) is 3.48. The zero-order valence-corrected chi connectivity index (χ0v) is 14.3. The molecule has 3 heterocycles. The van der Waals surface area contributed by atoms with Crippen LogP contribution in [0.15, 0.2) is 63.8 Å². The number of fused-ring (bicyclic) bond motifs is 1. The molecule has 3 aromatic rings. The van der Waals surface area contributed by atoms with Crippen LogP contribution in [-0.4, -0.2) is 21.3 Å². The summed E-state index contributed by atoms with van der Waals surface area (Å²) >= 11 is 3.40. The molecule has 0 fully saturated rings. The lowest BCUT2D eigenvalue weighted by atomic mass is 10.2. The quantitative estimate of drug-likeness (QED) is 0.501. The first kappa shape index (κ1) is 14.8. The normalized spacial score (nSPS) is 15.8. The second-order valence-corrected chi connectivity index (χ2v) is 6.27. The van der Waals surface area contributed by atoms with Crippen molar-refractivity contribution in [2.24, 2.45) is 4.99 Å². The molecule has 0 atom stereocenters. The Hall–Kier alpha value is -2.73. The molecule has 24 heavy (non-hydrogen) atoms. The molecule has 0 N–H and O–H groups in total. The van der Waals surface area contributed by atoms with Crippen LogP contribution in [-0.2, 0) is 9.53 Å². The molecule has 0 unspecified atom stereocenters. The van der Waals surface area contributed by atoms with E-state index < -0.39 is 5.97 Å². The number of aromatic nitrogens is 2. The smallest absolute Gasteiger partial charge is 0.363 e. The number of carbonyl (C=O) groups excluding carboxylic acids is 1. The maximum Gasteiger partial charge on any atom is 0.363 e. The molecule has 5 nitrogen and oxygen atoms in total. The molecule has 0 saturated carbocycles. The van der Waals surface area contributed by atoms with Gasteiger partial charge in [-0.05, 0) is 43.3 Å². The molecule has 4 rings (SSSR count). The number of aryl methyl sites for hydroxylation is 1. The van der Waals surface area contributed by atoms with Crippen molar-refractivity contribution >= 4 is 39.5 Å². The third-order valence-electron chi connectivity index (χ3n) is 3.72. The van der Waals surface area contributed by atoms with Crippen LogP contribution in [0.1, 0.15) is 17.0 Å². The molecule has 0 saturated heterocycles. The molecular weight excluding hydrogens is 370 g/mol. The maximum atomic E-state index is 12.2. The average Bonchev–Trinajstić information content (AvgIpc) is 3.09. The van der Waals surface area contributed by atoms with Gasteiger partial charge < -0.3 is 4.74 Å². The van der Waals surface area contributed by atoms with Crippen LogP contribution >= 0.6 is 15.9 Å².